The molecule has 0 saturated carbocycles. The fourth-order valence-corrected chi connectivity index (χ4v) is 5.15. The molecule has 6 nitrogen and oxygen atoms in total. The fraction of sp³-hybridized carbons (Fsp3) is 0.389. The first-order valence-electron chi connectivity index (χ1n) is 8.59. The first kappa shape index (κ1) is 19.9. The van der Waals surface area contributed by atoms with Crippen LogP contribution in [0.3, 0.4) is 0 Å². The van der Waals surface area contributed by atoms with E-state index in [9.17, 15) is 17.6 Å². The van der Waals surface area contributed by atoms with E-state index in [4.69, 9.17) is 0 Å². The predicted octanol–water partition coefficient (Wildman–Crippen LogP) is 1.85. The van der Waals surface area contributed by atoms with Gasteiger partial charge in [-0.15, -0.1) is 0 Å². The Morgan fingerprint density at radius 2 is 1.96 bits per heavy atom. The highest BCUT2D eigenvalue weighted by Crippen LogP contribution is 2.18. The SMILES string of the molecule is CN(CC(=O)N1CCN(S(=O)(=O)c2cccc(F)c2)CC1)Cc1ccsc1. The molecule has 0 aliphatic carbocycles. The van der Waals surface area contributed by atoms with Gasteiger partial charge in [0.15, 0.2) is 0 Å². The number of carbonyl (C=O) groups excluding carboxylic acids is 1. The minimum atomic E-state index is -3.74. The van der Waals surface area contributed by atoms with Crippen molar-refractivity contribution in [3.8, 4) is 0 Å². The summed E-state index contributed by atoms with van der Waals surface area (Å²) in [6.45, 7) is 2.06. The highest BCUT2D eigenvalue weighted by molar-refractivity contribution is 7.89. The summed E-state index contributed by atoms with van der Waals surface area (Å²) in [5, 5.41) is 4.06. The summed E-state index contributed by atoms with van der Waals surface area (Å²) in [4.78, 5) is 16.0. The summed E-state index contributed by atoms with van der Waals surface area (Å²) in [6, 6.07) is 7.02. The van der Waals surface area contributed by atoms with Gasteiger partial charge in [0.25, 0.3) is 0 Å². The van der Waals surface area contributed by atoms with Crippen LogP contribution < -0.4 is 0 Å². The third-order valence-corrected chi connectivity index (χ3v) is 7.09. The molecule has 146 valence electrons. The monoisotopic (exact) mass is 411 g/mol. The van der Waals surface area contributed by atoms with Gasteiger partial charge in [-0.25, -0.2) is 12.8 Å². The van der Waals surface area contributed by atoms with Gasteiger partial charge in [0, 0.05) is 32.7 Å². The molecule has 0 spiro atoms. The number of benzene rings is 1. The van der Waals surface area contributed by atoms with Gasteiger partial charge in [0.05, 0.1) is 11.4 Å². The molecule has 0 atom stereocenters. The van der Waals surface area contributed by atoms with Crippen molar-refractivity contribution in [2.45, 2.75) is 11.4 Å². The Kier molecular flexibility index (Phi) is 6.25. The van der Waals surface area contributed by atoms with E-state index in [-0.39, 0.29) is 30.4 Å². The van der Waals surface area contributed by atoms with Gasteiger partial charge in [-0.05, 0) is 47.6 Å². The third-order valence-electron chi connectivity index (χ3n) is 4.46. The van der Waals surface area contributed by atoms with Crippen molar-refractivity contribution in [2.24, 2.45) is 0 Å². The van der Waals surface area contributed by atoms with Crippen molar-refractivity contribution in [3.05, 3.63) is 52.5 Å². The summed E-state index contributed by atoms with van der Waals surface area (Å²) in [7, 11) is -1.86. The molecule has 3 rings (SSSR count). The van der Waals surface area contributed by atoms with Crippen molar-refractivity contribution in [3.63, 3.8) is 0 Å². The lowest BCUT2D eigenvalue weighted by Gasteiger charge is -2.34. The number of hydrogen-bond acceptors (Lipinski definition) is 5. The molecule has 1 fully saturated rings. The van der Waals surface area contributed by atoms with Gasteiger partial charge >= 0.3 is 0 Å². The maximum atomic E-state index is 13.3. The number of carbonyl (C=O) groups is 1. The van der Waals surface area contributed by atoms with Crippen LogP contribution in [-0.4, -0.2) is 68.2 Å². The number of amides is 1. The molecule has 27 heavy (non-hydrogen) atoms. The Morgan fingerprint density at radius 3 is 2.59 bits per heavy atom. The van der Waals surface area contributed by atoms with Crippen molar-refractivity contribution in [1.29, 1.82) is 0 Å². The maximum Gasteiger partial charge on any atom is 0.243 e. The molecule has 0 radical (unpaired) electrons. The molecular formula is C18H22FN3O3S2. The number of nitrogens with zero attached hydrogens (tertiary/aromatic N) is 3. The predicted molar refractivity (Wildman–Crippen MR) is 102 cm³/mol. The lowest BCUT2D eigenvalue weighted by atomic mass is 10.3. The Hall–Kier alpha value is -1.81. The zero-order chi connectivity index (χ0) is 19.4. The number of rotatable bonds is 6. The number of likely N-dealkylation sites (N-methyl/N-ethyl adjacent to an activating group) is 1. The molecule has 1 aromatic carbocycles. The molecule has 9 heteroatoms. The smallest absolute Gasteiger partial charge is 0.243 e. The van der Waals surface area contributed by atoms with Gasteiger partial charge in [-0.3, -0.25) is 9.69 Å². The van der Waals surface area contributed by atoms with Crippen LogP contribution in [-0.2, 0) is 21.4 Å². The molecule has 0 N–H and O–H groups in total. The zero-order valence-corrected chi connectivity index (χ0v) is 16.7. The van der Waals surface area contributed by atoms with Crippen LogP contribution in [0.25, 0.3) is 0 Å². The minimum Gasteiger partial charge on any atom is -0.339 e. The van der Waals surface area contributed by atoms with Crippen LogP contribution >= 0.6 is 11.3 Å². The topological polar surface area (TPSA) is 60.9 Å². The molecule has 1 aliphatic heterocycles. The lowest BCUT2D eigenvalue weighted by molar-refractivity contribution is -0.133. The Bertz CT molecular complexity index is 879. The summed E-state index contributed by atoms with van der Waals surface area (Å²) >= 11 is 1.62. The standard InChI is InChI=1S/C18H22FN3O3S2/c1-20(12-15-5-10-26-14-15)13-18(23)21-6-8-22(9-7-21)27(24,25)17-4-2-3-16(19)11-17/h2-5,10-11,14H,6-9,12-13H2,1H3. The Labute approximate surface area is 162 Å². The van der Waals surface area contributed by atoms with E-state index in [2.05, 4.69) is 5.38 Å². The summed E-state index contributed by atoms with van der Waals surface area (Å²) in [5.41, 5.74) is 1.17. The van der Waals surface area contributed by atoms with Gasteiger partial charge in [-0.1, -0.05) is 6.07 Å². The van der Waals surface area contributed by atoms with E-state index >= 15 is 0 Å². The zero-order valence-electron chi connectivity index (χ0n) is 15.0. The van der Waals surface area contributed by atoms with Crippen molar-refractivity contribution in [2.75, 3.05) is 39.8 Å². The largest absolute Gasteiger partial charge is 0.339 e. The lowest BCUT2D eigenvalue weighted by Crippen LogP contribution is -2.52. The third kappa shape index (κ3) is 4.92. The molecule has 1 aromatic heterocycles. The van der Waals surface area contributed by atoms with E-state index in [1.165, 1.54) is 28.1 Å². The second-order valence-electron chi connectivity index (χ2n) is 6.55. The van der Waals surface area contributed by atoms with Gasteiger partial charge in [-0.2, -0.15) is 15.6 Å². The van der Waals surface area contributed by atoms with Crippen LogP contribution in [0.1, 0.15) is 5.56 Å². The molecule has 1 saturated heterocycles. The minimum absolute atomic E-state index is 0.0180. The molecular weight excluding hydrogens is 389 g/mol. The summed E-state index contributed by atoms with van der Waals surface area (Å²) in [5.74, 6) is -0.603. The molecule has 1 aliphatic rings. The van der Waals surface area contributed by atoms with E-state index < -0.39 is 15.8 Å². The van der Waals surface area contributed by atoms with Crippen molar-refractivity contribution < 1.29 is 17.6 Å². The molecule has 2 heterocycles. The molecule has 0 bridgehead atoms. The highest BCUT2D eigenvalue weighted by atomic mass is 32.2. The second kappa shape index (κ2) is 8.47. The van der Waals surface area contributed by atoms with Gasteiger partial charge in [0.2, 0.25) is 15.9 Å². The van der Waals surface area contributed by atoms with Gasteiger partial charge < -0.3 is 4.90 Å². The van der Waals surface area contributed by atoms with Crippen LogP contribution in [0.4, 0.5) is 4.39 Å². The number of sulfonamides is 1. The molecule has 0 unspecified atom stereocenters. The van der Waals surface area contributed by atoms with E-state index in [1.807, 2.05) is 23.4 Å². The van der Waals surface area contributed by atoms with Crippen LogP contribution in [0, 0.1) is 5.82 Å². The van der Waals surface area contributed by atoms with Crippen LogP contribution in [0.15, 0.2) is 46.0 Å². The first-order chi connectivity index (χ1) is 12.9. The number of piperazine rings is 1. The second-order valence-corrected chi connectivity index (χ2v) is 9.26. The van der Waals surface area contributed by atoms with Crippen molar-refractivity contribution in [1.82, 2.24) is 14.1 Å². The van der Waals surface area contributed by atoms with E-state index in [0.29, 0.717) is 19.6 Å². The summed E-state index contributed by atoms with van der Waals surface area (Å²) in [6.07, 6.45) is 0. The van der Waals surface area contributed by atoms with Gasteiger partial charge in [0.1, 0.15) is 5.82 Å². The Balaban J connectivity index is 1.54. The molecule has 1 amide bonds. The average molecular weight is 412 g/mol. The molecule has 2 aromatic rings. The summed E-state index contributed by atoms with van der Waals surface area (Å²) < 4.78 is 39.9. The Morgan fingerprint density at radius 1 is 1.22 bits per heavy atom. The van der Waals surface area contributed by atoms with Crippen LogP contribution in [0.2, 0.25) is 0 Å². The van der Waals surface area contributed by atoms with Crippen molar-refractivity contribution >= 4 is 27.3 Å². The number of thiophene rings is 1. The fourth-order valence-electron chi connectivity index (χ4n) is 3.04. The first-order valence-corrected chi connectivity index (χ1v) is 11.0. The quantitative estimate of drug-likeness (QED) is 0.728. The normalized spacial score (nSPS) is 16.0. The maximum absolute atomic E-state index is 13.3. The number of halogens is 1. The van der Waals surface area contributed by atoms with E-state index in [1.54, 1.807) is 16.2 Å². The average Bonchev–Trinajstić information content (AvgIpc) is 3.14. The number of hydrogen-bond donors (Lipinski definition) is 0. The van der Waals surface area contributed by atoms with E-state index in [0.717, 1.165) is 6.07 Å². The highest BCUT2D eigenvalue weighted by Gasteiger charge is 2.30. The van der Waals surface area contributed by atoms with Crippen LogP contribution in [0.5, 0.6) is 0 Å².